The molecule has 0 bridgehead atoms. The van der Waals surface area contributed by atoms with Crippen LogP contribution in [0.15, 0.2) is 40.1 Å². The van der Waals surface area contributed by atoms with Gasteiger partial charge in [-0.05, 0) is 44.0 Å². The van der Waals surface area contributed by atoms with Crippen molar-refractivity contribution in [3.63, 3.8) is 0 Å². The van der Waals surface area contributed by atoms with E-state index in [0.29, 0.717) is 40.6 Å². The zero-order chi connectivity index (χ0) is 21.9. The van der Waals surface area contributed by atoms with E-state index in [2.05, 4.69) is 24.2 Å². The van der Waals surface area contributed by atoms with E-state index in [1.165, 1.54) is 17.4 Å². The average molecular weight is 512 g/mol. The maximum Gasteiger partial charge on any atom is 0.338 e. The van der Waals surface area contributed by atoms with Crippen molar-refractivity contribution in [3.8, 4) is 0 Å². The minimum Gasteiger partial charge on any atom is -0.462 e. The van der Waals surface area contributed by atoms with Crippen LogP contribution < -0.4 is 15.7 Å². The Morgan fingerprint density at radius 1 is 1.10 bits per heavy atom. The van der Waals surface area contributed by atoms with Crippen LogP contribution in [0.4, 0.5) is 5.69 Å². The molecule has 1 aromatic heterocycles. The minimum atomic E-state index is -0.411. The molecule has 2 rings (SSSR count). The molecule has 0 saturated heterocycles. The largest absolute Gasteiger partial charge is 0.462 e. The van der Waals surface area contributed by atoms with Crippen LogP contribution >= 0.6 is 28.3 Å². The zero-order valence-electron chi connectivity index (χ0n) is 18.2. The quantitative estimate of drug-likeness (QED) is 0.377. The highest BCUT2D eigenvalue weighted by atomic mass is 79.9. The molecule has 7 nitrogen and oxygen atoms in total. The number of ether oxygens (including phenoxy) is 1. The molecule has 1 heterocycles. The molecule has 0 aliphatic carbocycles. The fourth-order valence-electron chi connectivity index (χ4n) is 2.65. The predicted molar refractivity (Wildman–Crippen MR) is 129 cm³/mol. The molecule has 1 N–H and O–H groups in total. The van der Waals surface area contributed by atoms with Crippen molar-refractivity contribution >= 4 is 45.9 Å². The van der Waals surface area contributed by atoms with Crippen molar-refractivity contribution in [2.75, 3.05) is 18.5 Å². The van der Waals surface area contributed by atoms with Crippen molar-refractivity contribution in [3.05, 3.63) is 55.9 Å². The van der Waals surface area contributed by atoms with E-state index in [1.807, 2.05) is 0 Å². The van der Waals surface area contributed by atoms with Crippen molar-refractivity contribution < 1.29 is 14.3 Å². The molecule has 0 fully saturated rings. The van der Waals surface area contributed by atoms with Crippen molar-refractivity contribution in [2.24, 2.45) is 4.99 Å². The van der Waals surface area contributed by atoms with Gasteiger partial charge >= 0.3 is 5.97 Å². The van der Waals surface area contributed by atoms with Gasteiger partial charge < -0.3 is 10.1 Å². The molecule has 0 aliphatic heterocycles. The van der Waals surface area contributed by atoms with E-state index in [9.17, 15) is 14.4 Å². The van der Waals surface area contributed by atoms with Crippen LogP contribution in [0, 0.1) is 0 Å². The van der Waals surface area contributed by atoms with Crippen LogP contribution in [0.5, 0.6) is 0 Å². The lowest BCUT2D eigenvalue weighted by Crippen LogP contribution is -2.33. The Morgan fingerprint density at radius 2 is 1.77 bits per heavy atom. The van der Waals surface area contributed by atoms with E-state index in [0.717, 1.165) is 25.7 Å². The van der Waals surface area contributed by atoms with E-state index in [1.54, 1.807) is 35.8 Å². The second-order valence-electron chi connectivity index (χ2n) is 6.72. The number of aromatic nitrogens is 1. The number of unbranched alkanes of at least 4 members (excludes halogenated alkanes) is 2. The zero-order valence-corrected chi connectivity index (χ0v) is 20.7. The SMILES string of the molecule is Br.CCCCN=c1sc(C(=O)Nc2ccc(C(=O)OCC)cc2)cc(=O)n1CCCC. The fourth-order valence-corrected chi connectivity index (χ4v) is 3.60. The first kappa shape index (κ1) is 26.8. The van der Waals surface area contributed by atoms with E-state index in [-0.39, 0.29) is 28.4 Å². The van der Waals surface area contributed by atoms with Gasteiger partial charge in [-0.25, -0.2) is 4.79 Å². The summed E-state index contributed by atoms with van der Waals surface area (Å²) in [5, 5.41) is 2.77. The number of halogens is 1. The van der Waals surface area contributed by atoms with Gasteiger partial charge in [-0.15, -0.1) is 17.0 Å². The second kappa shape index (κ2) is 13.9. The maximum atomic E-state index is 12.7. The van der Waals surface area contributed by atoms with Crippen LogP contribution in [-0.4, -0.2) is 29.6 Å². The number of nitrogens with zero attached hydrogens (tertiary/aromatic N) is 2. The Bertz CT molecular complexity index is 983. The smallest absolute Gasteiger partial charge is 0.338 e. The van der Waals surface area contributed by atoms with E-state index in [4.69, 9.17) is 4.74 Å². The normalized spacial score (nSPS) is 11.0. The molecule has 0 saturated carbocycles. The predicted octanol–water partition coefficient (Wildman–Crippen LogP) is 4.42. The number of carbonyl (C=O) groups excluding carboxylic acids is 2. The van der Waals surface area contributed by atoms with Gasteiger partial charge in [0.15, 0.2) is 4.80 Å². The monoisotopic (exact) mass is 511 g/mol. The second-order valence-corrected chi connectivity index (χ2v) is 7.73. The highest BCUT2D eigenvalue weighted by Gasteiger charge is 2.12. The van der Waals surface area contributed by atoms with Gasteiger partial charge in [0.1, 0.15) is 4.88 Å². The molecule has 0 atom stereocenters. The molecule has 9 heteroatoms. The summed E-state index contributed by atoms with van der Waals surface area (Å²) in [6, 6.07) is 7.80. The molecular formula is C22H30BrN3O4S. The van der Waals surface area contributed by atoms with Crippen LogP contribution in [0.25, 0.3) is 0 Å². The fraction of sp³-hybridized carbons (Fsp3) is 0.455. The van der Waals surface area contributed by atoms with Gasteiger partial charge in [0, 0.05) is 24.8 Å². The molecule has 0 radical (unpaired) electrons. The van der Waals surface area contributed by atoms with Gasteiger partial charge in [-0.2, -0.15) is 0 Å². The molecule has 1 amide bonds. The molecule has 1 aromatic carbocycles. The third-order valence-corrected chi connectivity index (χ3v) is 5.38. The Morgan fingerprint density at radius 3 is 2.39 bits per heavy atom. The van der Waals surface area contributed by atoms with Crippen LogP contribution in [0.2, 0.25) is 0 Å². The van der Waals surface area contributed by atoms with Gasteiger partial charge in [-0.1, -0.05) is 38.0 Å². The topological polar surface area (TPSA) is 89.8 Å². The number of anilines is 1. The maximum absolute atomic E-state index is 12.7. The summed E-state index contributed by atoms with van der Waals surface area (Å²) in [7, 11) is 0. The Kier molecular flexibility index (Phi) is 12.0. The number of benzene rings is 1. The Hall–Kier alpha value is -2.26. The van der Waals surface area contributed by atoms with E-state index < -0.39 is 5.97 Å². The number of amides is 1. The van der Waals surface area contributed by atoms with Crippen molar-refractivity contribution in [1.82, 2.24) is 4.57 Å². The van der Waals surface area contributed by atoms with Crippen LogP contribution in [-0.2, 0) is 11.3 Å². The standard InChI is InChI=1S/C22H29N3O4S.BrH/c1-4-7-13-23-22-25(14-8-5-2)19(26)15-18(30-22)20(27)24-17-11-9-16(10-12-17)21(28)29-6-3;/h9-12,15H,4-8,13-14H2,1-3H3,(H,24,27);1H. The van der Waals surface area contributed by atoms with Crippen LogP contribution in [0.3, 0.4) is 0 Å². The summed E-state index contributed by atoms with van der Waals surface area (Å²) in [5.74, 6) is -0.790. The molecule has 0 aliphatic rings. The molecule has 2 aromatic rings. The number of esters is 1. The van der Waals surface area contributed by atoms with E-state index >= 15 is 0 Å². The van der Waals surface area contributed by atoms with Gasteiger partial charge in [0.05, 0.1) is 12.2 Å². The average Bonchev–Trinajstić information content (AvgIpc) is 2.73. The summed E-state index contributed by atoms with van der Waals surface area (Å²) < 4.78 is 6.60. The highest BCUT2D eigenvalue weighted by molar-refractivity contribution is 8.93. The van der Waals surface area contributed by atoms with Crippen molar-refractivity contribution in [1.29, 1.82) is 0 Å². The van der Waals surface area contributed by atoms with Crippen molar-refractivity contribution in [2.45, 2.75) is 53.0 Å². The summed E-state index contributed by atoms with van der Waals surface area (Å²) in [4.78, 5) is 42.5. The Labute approximate surface area is 197 Å². The molecular weight excluding hydrogens is 482 g/mol. The lowest BCUT2D eigenvalue weighted by atomic mass is 10.2. The summed E-state index contributed by atoms with van der Waals surface area (Å²) >= 11 is 1.22. The number of hydrogen-bond donors (Lipinski definition) is 1. The van der Waals surface area contributed by atoms with Gasteiger partial charge in [0.25, 0.3) is 11.5 Å². The lowest BCUT2D eigenvalue weighted by molar-refractivity contribution is 0.0526. The number of nitrogens with one attached hydrogen (secondary N) is 1. The third-order valence-electron chi connectivity index (χ3n) is 4.32. The minimum absolute atomic E-state index is 0. The number of carbonyl (C=O) groups is 2. The first-order valence-electron chi connectivity index (χ1n) is 10.3. The molecule has 170 valence electrons. The summed E-state index contributed by atoms with van der Waals surface area (Å²) in [6.07, 6.45) is 3.78. The molecule has 0 unspecified atom stereocenters. The third kappa shape index (κ3) is 8.06. The van der Waals surface area contributed by atoms with Gasteiger partial charge in [-0.3, -0.25) is 19.1 Å². The summed E-state index contributed by atoms with van der Waals surface area (Å²) in [5.41, 5.74) is 0.716. The first-order valence-corrected chi connectivity index (χ1v) is 11.2. The Balaban J connectivity index is 0.00000480. The molecule has 0 spiro atoms. The first-order chi connectivity index (χ1) is 14.5. The highest BCUT2D eigenvalue weighted by Crippen LogP contribution is 2.13. The molecule has 31 heavy (non-hydrogen) atoms. The lowest BCUT2D eigenvalue weighted by Gasteiger charge is -2.09. The number of rotatable bonds is 10. The summed E-state index contributed by atoms with van der Waals surface area (Å²) in [6.45, 7) is 7.41. The van der Waals surface area contributed by atoms with Crippen LogP contribution in [0.1, 0.15) is 66.5 Å². The van der Waals surface area contributed by atoms with Gasteiger partial charge in [0.2, 0.25) is 0 Å². The number of hydrogen-bond acceptors (Lipinski definition) is 6.